The number of methoxy groups -OCH3 is 3. The number of hydrogen-bond donors (Lipinski definition) is 7. The number of ether oxygens (including phenoxy) is 5. The summed E-state index contributed by atoms with van der Waals surface area (Å²) in [5, 5.41) is 71.0. The van der Waals surface area contributed by atoms with E-state index in [0.29, 0.717) is 0 Å². The van der Waals surface area contributed by atoms with Crippen molar-refractivity contribution in [2.24, 2.45) is 0 Å². The van der Waals surface area contributed by atoms with Crippen LogP contribution in [0.2, 0.25) is 0 Å². The van der Waals surface area contributed by atoms with Crippen molar-refractivity contribution in [1.29, 1.82) is 0 Å². The van der Waals surface area contributed by atoms with E-state index in [1.54, 1.807) is 0 Å². The molecule has 7 N–H and O–H groups in total. The van der Waals surface area contributed by atoms with E-state index in [1.165, 1.54) is 32.4 Å². The molecule has 5 atom stereocenters. The monoisotopic (exact) mass is 538 g/mol. The van der Waals surface area contributed by atoms with Gasteiger partial charge >= 0.3 is 0 Å². The zero-order chi connectivity index (χ0) is 27.9. The van der Waals surface area contributed by atoms with E-state index in [0.717, 1.165) is 7.11 Å². The number of aliphatic hydroxyl groups excluding tert-OH is 4. The molecule has 0 bridgehead atoms. The third-order valence-electron chi connectivity index (χ3n) is 6.09. The van der Waals surface area contributed by atoms with E-state index in [4.69, 9.17) is 28.1 Å². The molecule has 1 aromatic heterocycles. The average molecular weight is 538 g/mol. The van der Waals surface area contributed by atoms with Crippen molar-refractivity contribution in [2.45, 2.75) is 30.7 Å². The quantitative estimate of drug-likeness (QED) is 0.207. The molecule has 14 heteroatoms. The molecule has 38 heavy (non-hydrogen) atoms. The second-order valence-electron chi connectivity index (χ2n) is 8.26. The molecule has 206 valence electrons. The van der Waals surface area contributed by atoms with Crippen LogP contribution in [0.4, 0.5) is 0 Å². The number of rotatable bonds is 7. The number of aliphatic hydroxyl groups is 4. The first-order chi connectivity index (χ1) is 18.1. The summed E-state index contributed by atoms with van der Waals surface area (Å²) in [7, 11) is 3.59. The summed E-state index contributed by atoms with van der Waals surface area (Å²) >= 11 is 0. The summed E-state index contributed by atoms with van der Waals surface area (Å²) in [4.78, 5) is 13.8. The smallest absolute Gasteiger partial charge is 0.239 e. The molecule has 0 spiro atoms. The van der Waals surface area contributed by atoms with Gasteiger partial charge in [0.2, 0.25) is 34.7 Å². The summed E-state index contributed by atoms with van der Waals surface area (Å²) in [5.74, 6) is -3.61. The highest BCUT2D eigenvalue weighted by Gasteiger charge is 2.45. The zero-order valence-electron chi connectivity index (χ0n) is 20.3. The van der Waals surface area contributed by atoms with Gasteiger partial charge in [-0.2, -0.15) is 0 Å². The predicted molar refractivity (Wildman–Crippen MR) is 127 cm³/mol. The Morgan fingerprint density at radius 1 is 0.868 bits per heavy atom. The molecule has 2 aromatic carbocycles. The first kappa shape index (κ1) is 27.1. The fourth-order valence-electron chi connectivity index (χ4n) is 4.11. The number of aromatic hydroxyl groups is 3. The van der Waals surface area contributed by atoms with Crippen molar-refractivity contribution >= 4 is 11.0 Å². The molecular weight excluding hydrogens is 512 g/mol. The van der Waals surface area contributed by atoms with Gasteiger partial charge < -0.3 is 63.8 Å². The normalized spacial score (nSPS) is 23.3. The summed E-state index contributed by atoms with van der Waals surface area (Å²) < 4.78 is 32.2. The molecule has 14 nitrogen and oxygen atoms in total. The minimum absolute atomic E-state index is 0.0172. The van der Waals surface area contributed by atoms with E-state index in [2.05, 4.69) is 0 Å². The predicted octanol–water partition coefficient (Wildman–Crippen LogP) is -0.219. The SMILES string of the molecule is COc1cc(-c2oc3c(OC)c(O)c(OC)c(O)c3c(=O)c2O[C@H]2O[C@H](CO)[C@@H](O)C(O)C2O)ccc1O. The van der Waals surface area contributed by atoms with Gasteiger partial charge in [0, 0.05) is 5.56 Å². The van der Waals surface area contributed by atoms with Crippen LogP contribution in [0, 0.1) is 0 Å². The van der Waals surface area contributed by atoms with Crippen LogP contribution in [0.1, 0.15) is 0 Å². The number of hydrogen-bond acceptors (Lipinski definition) is 14. The first-order valence-corrected chi connectivity index (χ1v) is 11.1. The van der Waals surface area contributed by atoms with E-state index >= 15 is 0 Å². The van der Waals surface area contributed by atoms with E-state index < -0.39 is 76.7 Å². The molecule has 4 rings (SSSR count). The maximum atomic E-state index is 13.8. The van der Waals surface area contributed by atoms with Gasteiger partial charge in [0.05, 0.1) is 27.9 Å². The Balaban J connectivity index is 2.03. The molecule has 3 aromatic rings. The Hall–Kier alpha value is -3.95. The molecule has 2 heterocycles. The number of benzene rings is 2. The van der Waals surface area contributed by atoms with Crippen molar-refractivity contribution in [3.8, 4) is 51.6 Å². The molecule has 2 unspecified atom stereocenters. The molecule has 0 radical (unpaired) electrons. The van der Waals surface area contributed by atoms with Crippen LogP contribution in [0.25, 0.3) is 22.3 Å². The van der Waals surface area contributed by atoms with E-state index in [-0.39, 0.29) is 28.6 Å². The van der Waals surface area contributed by atoms with Gasteiger partial charge in [-0.25, -0.2) is 0 Å². The standard InChI is InChI=1S/C24H26O14/c1-33-10-6-8(4-5-9(10)26)19-23(38-24-17(31)16(30)13(27)11(7-25)36-24)15(29)12-14(28)21(34-2)18(32)22(35-3)20(12)37-19/h4-6,11,13,16-17,24-28,30-32H,7H2,1-3H3/t11-,13-,16?,17?,24-/m1/s1. The molecular formula is C24H26O14. The lowest BCUT2D eigenvalue weighted by Crippen LogP contribution is -2.60. The minimum Gasteiger partial charge on any atom is -0.504 e. The Kier molecular flexibility index (Phi) is 7.44. The van der Waals surface area contributed by atoms with Crippen LogP contribution in [-0.2, 0) is 4.74 Å². The second-order valence-corrected chi connectivity index (χ2v) is 8.26. The topological polar surface area (TPSA) is 218 Å². The van der Waals surface area contributed by atoms with Crippen LogP contribution >= 0.6 is 0 Å². The van der Waals surface area contributed by atoms with Crippen molar-refractivity contribution in [1.82, 2.24) is 0 Å². The Morgan fingerprint density at radius 2 is 1.55 bits per heavy atom. The van der Waals surface area contributed by atoms with Gasteiger partial charge in [0.1, 0.15) is 29.8 Å². The highest BCUT2D eigenvalue weighted by Crippen LogP contribution is 2.50. The van der Waals surface area contributed by atoms with E-state index in [9.17, 15) is 40.5 Å². The Morgan fingerprint density at radius 3 is 2.16 bits per heavy atom. The second kappa shape index (κ2) is 10.4. The average Bonchev–Trinajstić information content (AvgIpc) is 2.90. The molecule has 0 aliphatic carbocycles. The molecule has 1 saturated heterocycles. The van der Waals surface area contributed by atoms with Crippen molar-refractivity contribution in [3.05, 3.63) is 28.4 Å². The van der Waals surface area contributed by atoms with Gasteiger partial charge in [-0.3, -0.25) is 4.79 Å². The lowest BCUT2D eigenvalue weighted by atomic mass is 9.99. The van der Waals surface area contributed by atoms with Crippen LogP contribution in [-0.4, -0.2) is 94.4 Å². The molecule has 1 fully saturated rings. The maximum absolute atomic E-state index is 13.8. The highest BCUT2D eigenvalue weighted by molar-refractivity contribution is 5.96. The Bertz CT molecular complexity index is 1400. The van der Waals surface area contributed by atoms with Crippen molar-refractivity contribution < 1.29 is 63.8 Å². The maximum Gasteiger partial charge on any atom is 0.239 e. The van der Waals surface area contributed by atoms with Crippen molar-refractivity contribution in [3.63, 3.8) is 0 Å². The van der Waals surface area contributed by atoms with Crippen LogP contribution < -0.4 is 24.4 Å². The number of phenols is 3. The highest BCUT2D eigenvalue weighted by atomic mass is 16.7. The molecule has 0 amide bonds. The minimum atomic E-state index is -1.89. The summed E-state index contributed by atoms with van der Waals surface area (Å²) in [6.45, 7) is -0.756. The number of phenolic OH excluding ortho intramolecular Hbond substituents is 3. The zero-order valence-corrected chi connectivity index (χ0v) is 20.3. The Labute approximate surface area is 214 Å². The molecule has 1 aliphatic heterocycles. The van der Waals surface area contributed by atoms with Crippen LogP contribution in [0.3, 0.4) is 0 Å². The van der Waals surface area contributed by atoms with E-state index in [1.807, 2.05) is 0 Å². The molecule has 1 aliphatic rings. The van der Waals surface area contributed by atoms with Gasteiger partial charge in [0.25, 0.3) is 0 Å². The third kappa shape index (κ3) is 4.27. The fourth-order valence-corrected chi connectivity index (χ4v) is 4.11. The lowest BCUT2D eigenvalue weighted by molar-refractivity contribution is -0.277. The summed E-state index contributed by atoms with van der Waals surface area (Å²) in [6.07, 6.45) is -8.55. The first-order valence-electron chi connectivity index (χ1n) is 11.1. The molecule has 0 saturated carbocycles. The third-order valence-corrected chi connectivity index (χ3v) is 6.09. The van der Waals surface area contributed by atoms with Gasteiger partial charge in [-0.15, -0.1) is 0 Å². The lowest BCUT2D eigenvalue weighted by Gasteiger charge is -2.39. The van der Waals surface area contributed by atoms with Crippen LogP contribution in [0.15, 0.2) is 27.4 Å². The number of fused-ring (bicyclic) bond motifs is 1. The largest absolute Gasteiger partial charge is 0.504 e. The van der Waals surface area contributed by atoms with Crippen molar-refractivity contribution in [2.75, 3.05) is 27.9 Å². The van der Waals surface area contributed by atoms with Crippen LogP contribution in [0.5, 0.6) is 40.2 Å². The fraction of sp³-hybridized carbons (Fsp3) is 0.375. The summed E-state index contributed by atoms with van der Waals surface area (Å²) in [6, 6.07) is 3.85. The van der Waals surface area contributed by atoms with Gasteiger partial charge in [-0.1, -0.05) is 0 Å². The summed E-state index contributed by atoms with van der Waals surface area (Å²) in [5.41, 5.74) is -1.36. The van der Waals surface area contributed by atoms with Gasteiger partial charge in [0.15, 0.2) is 28.6 Å². The van der Waals surface area contributed by atoms with Gasteiger partial charge in [-0.05, 0) is 18.2 Å².